The van der Waals surface area contributed by atoms with Crippen LogP contribution >= 0.6 is 0 Å². The lowest BCUT2D eigenvalue weighted by Crippen LogP contribution is -2.06. The number of carbonyl (C=O) groups is 1. The normalized spacial score (nSPS) is 18.1. The highest BCUT2D eigenvalue weighted by Gasteiger charge is 2.34. The molecule has 0 radical (unpaired) electrons. The number of esters is 1. The van der Waals surface area contributed by atoms with Crippen molar-refractivity contribution in [1.82, 2.24) is 0 Å². The van der Waals surface area contributed by atoms with Gasteiger partial charge in [0.05, 0.1) is 5.92 Å². The Labute approximate surface area is 195 Å². The number of hydrogen-bond acceptors (Lipinski definition) is 2. The minimum absolute atomic E-state index is 0.000138. The molecule has 0 saturated carbocycles. The van der Waals surface area contributed by atoms with Gasteiger partial charge in [-0.25, -0.2) is 0 Å². The minimum atomic E-state index is -0.0766. The van der Waals surface area contributed by atoms with Gasteiger partial charge in [0.1, 0.15) is 6.10 Å². The topological polar surface area (TPSA) is 26.3 Å². The first-order valence-corrected chi connectivity index (χ1v) is 13.1. The lowest BCUT2D eigenvalue weighted by atomic mass is 9.94. The fraction of sp³-hybridized carbons (Fsp3) is 0.567. The van der Waals surface area contributed by atoms with Crippen molar-refractivity contribution < 1.29 is 9.53 Å². The molecule has 1 fully saturated rings. The first kappa shape index (κ1) is 24.6. The second-order valence-electron chi connectivity index (χ2n) is 9.54. The zero-order valence-electron chi connectivity index (χ0n) is 20.3. The first-order chi connectivity index (χ1) is 15.7. The second-order valence-corrected chi connectivity index (χ2v) is 9.54. The SMILES string of the molecule is CCCCCCCc1ccc(-c2ccc(C3CC(CCCCCCC)C(=O)O3)cc2)cc1. The quantitative estimate of drug-likeness (QED) is 0.219. The van der Waals surface area contributed by atoms with E-state index in [1.165, 1.54) is 80.9 Å². The van der Waals surface area contributed by atoms with Gasteiger partial charge in [0.15, 0.2) is 0 Å². The minimum Gasteiger partial charge on any atom is -0.457 e. The third-order valence-electron chi connectivity index (χ3n) is 6.89. The van der Waals surface area contributed by atoms with Crippen LogP contribution in [0, 0.1) is 5.92 Å². The van der Waals surface area contributed by atoms with Crippen molar-refractivity contribution in [3.05, 3.63) is 59.7 Å². The van der Waals surface area contributed by atoms with Gasteiger partial charge in [-0.3, -0.25) is 4.79 Å². The number of aryl methyl sites for hydroxylation is 1. The van der Waals surface area contributed by atoms with E-state index in [1.54, 1.807) is 0 Å². The van der Waals surface area contributed by atoms with E-state index in [2.05, 4.69) is 62.4 Å². The summed E-state index contributed by atoms with van der Waals surface area (Å²) in [5, 5.41) is 0. The van der Waals surface area contributed by atoms with E-state index in [0.29, 0.717) is 0 Å². The predicted octanol–water partition coefficient (Wildman–Crippen LogP) is 8.83. The van der Waals surface area contributed by atoms with Crippen LogP contribution in [0.3, 0.4) is 0 Å². The van der Waals surface area contributed by atoms with E-state index in [9.17, 15) is 4.79 Å². The Bertz CT molecular complexity index is 791. The average Bonchev–Trinajstić information content (AvgIpc) is 3.20. The molecule has 0 aliphatic carbocycles. The highest BCUT2D eigenvalue weighted by atomic mass is 16.5. The van der Waals surface area contributed by atoms with Crippen LogP contribution in [0.1, 0.15) is 108 Å². The zero-order chi connectivity index (χ0) is 22.6. The third-order valence-corrected chi connectivity index (χ3v) is 6.89. The molecule has 32 heavy (non-hydrogen) atoms. The van der Waals surface area contributed by atoms with Crippen molar-refractivity contribution in [2.24, 2.45) is 5.92 Å². The third kappa shape index (κ3) is 7.50. The number of hydrogen-bond donors (Lipinski definition) is 0. The molecule has 1 aliphatic rings. The van der Waals surface area contributed by atoms with Crippen molar-refractivity contribution in [2.45, 2.75) is 103 Å². The molecule has 174 valence electrons. The van der Waals surface area contributed by atoms with Gasteiger partial charge in [0, 0.05) is 6.42 Å². The maximum atomic E-state index is 12.3. The molecule has 1 saturated heterocycles. The molecule has 2 aromatic rings. The van der Waals surface area contributed by atoms with Crippen LogP contribution in [0.4, 0.5) is 0 Å². The summed E-state index contributed by atoms with van der Waals surface area (Å²) < 4.78 is 5.72. The van der Waals surface area contributed by atoms with Crippen LogP contribution in [0.2, 0.25) is 0 Å². The maximum Gasteiger partial charge on any atom is 0.309 e. The standard InChI is InChI=1S/C30H42O2/c1-3-5-7-9-11-13-24-15-17-25(18-16-24)26-19-21-27(22-20-26)29-23-28(30(31)32-29)14-12-10-8-6-4-2/h15-22,28-29H,3-14,23H2,1-2H3. The molecule has 1 heterocycles. The van der Waals surface area contributed by atoms with E-state index < -0.39 is 0 Å². The molecule has 0 bridgehead atoms. The maximum absolute atomic E-state index is 12.3. The van der Waals surface area contributed by atoms with Crippen LogP contribution in [0.25, 0.3) is 11.1 Å². The molecule has 2 unspecified atom stereocenters. The van der Waals surface area contributed by atoms with Crippen LogP contribution in [0.5, 0.6) is 0 Å². The molecule has 3 rings (SSSR count). The fourth-order valence-electron chi connectivity index (χ4n) is 4.76. The molecule has 0 aromatic heterocycles. The van der Waals surface area contributed by atoms with E-state index in [0.717, 1.165) is 24.8 Å². The zero-order valence-corrected chi connectivity index (χ0v) is 20.3. The Morgan fingerprint density at radius 3 is 1.91 bits per heavy atom. The van der Waals surface area contributed by atoms with E-state index in [1.807, 2.05) is 0 Å². The lowest BCUT2D eigenvalue weighted by Gasteiger charge is -2.11. The van der Waals surface area contributed by atoms with Crippen LogP contribution in [0.15, 0.2) is 48.5 Å². The summed E-state index contributed by atoms with van der Waals surface area (Å²) in [5.74, 6) is 0.0793. The van der Waals surface area contributed by atoms with Crippen molar-refractivity contribution in [1.29, 1.82) is 0 Å². The fourth-order valence-corrected chi connectivity index (χ4v) is 4.76. The molecular weight excluding hydrogens is 392 g/mol. The Hall–Kier alpha value is -2.09. The number of cyclic esters (lactones) is 1. The molecule has 2 heteroatoms. The van der Waals surface area contributed by atoms with Gasteiger partial charge in [0.25, 0.3) is 0 Å². The van der Waals surface area contributed by atoms with Crippen LogP contribution < -0.4 is 0 Å². The Kier molecular flexibility index (Phi) is 10.3. The van der Waals surface area contributed by atoms with Crippen molar-refractivity contribution in [2.75, 3.05) is 0 Å². The second kappa shape index (κ2) is 13.5. The highest BCUT2D eigenvalue weighted by molar-refractivity contribution is 5.75. The average molecular weight is 435 g/mol. The first-order valence-electron chi connectivity index (χ1n) is 13.1. The van der Waals surface area contributed by atoms with E-state index >= 15 is 0 Å². The number of ether oxygens (including phenoxy) is 1. The van der Waals surface area contributed by atoms with Gasteiger partial charge < -0.3 is 4.74 Å². The lowest BCUT2D eigenvalue weighted by molar-refractivity contribution is -0.144. The Morgan fingerprint density at radius 2 is 1.28 bits per heavy atom. The van der Waals surface area contributed by atoms with Gasteiger partial charge in [-0.2, -0.15) is 0 Å². The smallest absolute Gasteiger partial charge is 0.309 e. The molecule has 1 aliphatic heterocycles. The van der Waals surface area contributed by atoms with Crippen LogP contribution in [-0.4, -0.2) is 5.97 Å². The summed E-state index contributed by atoms with van der Waals surface area (Å²) in [6, 6.07) is 17.6. The largest absolute Gasteiger partial charge is 0.457 e. The predicted molar refractivity (Wildman–Crippen MR) is 135 cm³/mol. The Morgan fingerprint density at radius 1 is 0.719 bits per heavy atom. The van der Waals surface area contributed by atoms with E-state index in [4.69, 9.17) is 4.74 Å². The molecular formula is C30H42O2. The van der Waals surface area contributed by atoms with Crippen molar-refractivity contribution >= 4 is 5.97 Å². The molecule has 0 amide bonds. The monoisotopic (exact) mass is 434 g/mol. The molecule has 2 aromatic carbocycles. The van der Waals surface area contributed by atoms with Gasteiger partial charge >= 0.3 is 5.97 Å². The van der Waals surface area contributed by atoms with Gasteiger partial charge in [-0.1, -0.05) is 120 Å². The Balaban J connectivity index is 1.48. The summed E-state index contributed by atoms with van der Waals surface area (Å²) in [6.07, 6.45) is 15.7. The summed E-state index contributed by atoms with van der Waals surface area (Å²) in [7, 11) is 0. The molecule has 2 atom stereocenters. The van der Waals surface area contributed by atoms with Gasteiger partial charge in [-0.15, -0.1) is 0 Å². The summed E-state index contributed by atoms with van der Waals surface area (Å²) in [5.41, 5.74) is 5.03. The molecule has 0 N–H and O–H groups in total. The van der Waals surface area contributed by atoms with E-state index in [-0.39, 0.29) is 18.0 Å². The van der Waals surface area contributed by atoms with Crippen LogP contribution in [-0.2, 0) is 16.0 Å². The summed E-state index contributed by atoms with van der Waals surface area (Å²) in [6.45, 7) is 4.49. The van der Waals surface area contributed by atoms with Crippen molar-refractivity contribution in [3.63, 3.8) is 0 Å². The van der Waals surface area contributed by atoms with Crippen molar-refractivity contribution in [3.8, 4) is 11.1 Å². The van der Waals surface area contributed by atoms with Gasteiger partial charge in [-0.05, 0) is 41.5 Å². The summed E-state index contributed by atoms with van der Waals surface area (Å²) >= 11 is 0. The molecule has 0 spiro atoms. The highest BCUT2D eigenvalue weighted by Crippen LogP contribution is 2.36. The number of benzene rings is 2. The summed E-state index contributed by atoms with van der Waals surface area (Å²) in [4.78, 5) is 12.3. The molecule has 2 nitrogen and oxygen atoms in total. The number of carbonyl (C=O) groups excluding carboxylic acids is 1. The number of rotatable bonds is 14. The number of unbranched alkanes of at least 4 members (excludes halogenated alkanes) is 8. The van der Waals surface area contributed by atoms with Gasteiger partial charge in [0.2, 0.25) is 0 Å².